The lowest BCUT2D eigenvalue weighted by molar-refractivity contribution is 0.756. The highest BCUT2D eigenvalue weighted by atomic mass is 14.9. The van der Waals surface area contributed by atoms with Crippen LogP contribution in [0.4, 0.5) is 11.4 Å². The minimum absolute atomic E-state index is 0.594. The van der Waals surface area contributed by atoms with Gasteiger partial charge in [0.2, 0.25) is 0 Å². The van der Waals surface area contributed by atoms with E-state index in [0.29, 0.717) is 6.04 Å². The summed E-state index contributed by atoms with van der Waals surface area (Å²) in [4.78, 5) is 4.11. The predicted octanol–water partition coefficient (Wildman–Crippen LogP) is 3.17. The van der Waals surface area contributed by atoms with Crippen LogP contribution < -0.4 is 11.1 Å². The zero-order valence-electron chi connectivity index (χ0n) is 9.82. The number of nitrogens with zero attached hydrogens (tertiary/aromatic N) is 1. The maximum Gasteiger partial charge on any atom is 0.0630 e. The molecule has 1 heterocycles. The molecule has 1 aliphatic rings. The second-order valence-electron chi connectivity index (χ2n) is 4.75. The Kier molecular flexibility index (Phi) is 2.59. The Morgan fingerprint density at radius 2 is 2.00 bits per heavy atom. The molecule has 0 bridgehead atoms. The molecule has 3 heteroatoms. The van der Waals surface area contributed by atoms with Crippen LogP contribution >= 0.6 is 0 Å². The second-order valence-corrected chi connectivity index (χ2v) is 4.75. The average molecular weight is 227 g/mol. The number of nitrogens with one attached hydrogen (secondary N) is 1. The van der Waals surface area contributed by atoms with Crippen molar-refractivity contribution in [2.75, 3.05) is 11.1 Å². The van der Waals surface area contributed by atoms with Gasteiger partial charge in [0.05, 0.1) is 11.4 Å². The molecule has 2 aromatic rings. The molecule has 17 heavy (non-hydrogen) atoms. The molecule has 1 aromatic carbocycles. The molecule has 1 aliphatic carbocycles. The number of benzene rings is 1. The van der Waals surface area contributed by atoms with Crippen LogP contribution in [-0.2, 0) is 0 Å². The lowest BCUT2D eigenvalue weighted by Gasteiger charge is -2.16. The first-order chi connectivity index (χ1) is 8.34. The molecule has 0 atom stereocenters. The van der Waals surface area contributed by atoms with Crippen molar-refractivity contribution in [1.29, 1.82) is 0 Å². The molecule has 3 nitrogen and oxygen atoms in total. The standard InChI is InChI=1S/C14H17N3/c15-14-12-7-8-16-9-10(12)5-6-13(14)17-11-3-1-2-4-11/h5-9,11,17H,1-4,15H2. The first-order valence-electron chi connectivity index (χ1n) is 6.23. The van der Waals surface area contributed by atoms with Crippen molar-refractivity contribution in [2.45, 2.75) is 31.7 Å². The zero-order valence-corrected chi connectivity index (χ0v) is 9.82. The summed E-state index contributed by atoms with van der Waals surface area (Å²) < 4.78 is 0. The summed E-state index contributed by atoms with van der Waals surface area (Å²) in [5.41, 5.74) is 8.12. The fraction of sp³-hybridized carbons (Fsp3) is 0.357. The highest BCUT2D eigenvalue weighted by Crippen LogP contribution is 2.30. The van der Waals surface area contributed by atoms with Crippen LogP contribution in [-0.4, -0.2) is 11.0 Å². The van der Waals surface area contributed by atoms with Gasteiger partial charge in [0.25, 0.3) is 0 Å². The van der Waals surface area contributed by atoms with Gasteiger partial charge in [-0.3, -0.25) is 4.98 Å². The molecule has 0 unspecified atom stereocenters. The van der Waals surface area contributed by atoms with Gasteiger partial charge in [-0.2, -0.15) is 0 Å². The number of rotatable bonds is 2. The third kappa shape index (κ3) is 1.93. The van der Waals surface area contributed by atoms with Gasteiger partial charge in [0, 0.05) is 29.2 Å². The number of nitrogens with two attached hydrogens (primary N) is 1. The van der Waals surface area contributed by atoms with Gasteiger partial charge in [-0.05, 0) is 25.0 Å². The third-order valence-corrected chi connectivity index (χ3v) is 3.58. The lowest BCUT2D eigenvalue weighted by atomic mass is 10.1. The number of hydrogen-bond donors (Lipinski definition) is 2. The van der Waals surface area contributed by atoms with Gasteiger partial charge in [-0.25, -0.2) is 0 Å². The number of fused-ring (bicyclic) bond motifs is 1. The highest BCUT2D eigenvalue weighted by molar-refractivity contribution is 5.98. The third-order valence-electron chi connectivity index (χ3n) is 3.58. The Morgan fingerprint density at radius 1 is 1.18 bits per heavy atom. The van der Waals surface area contributed by atoms with Crippen LogP contribution in [0.2, 0.25) is 0 Å². The van der Waals surface area contributed by atoms with E-state index in [1.807, 2.05) is 12.3 Å². The average Bonchev–Trinajstić information content (AvgIpc) is 2.86. The van der Waals surface area contributed by atoms with Crippen molar-refractivity contribution >= 4 is 22.1 Å². The molecule has 1 saturated carbocycles. The van der Waals surface area contributed by atoms with E-state index in [1.165, 1.54) is 25.7 Å². The molecule has 3 rings (SSSR count). The molecule has 0 amide bonds. The summed E-state index contributed by atoms with van der Waals surface area (Å²) in [7, 11) is 0. The zero-order chi connectivity index (χ0) is 11.7. The molecule has 0 radical (unpaired) electrons. The van der Waals surface area contributed by atoms with Crippen molar-refractivity contribution in [3.05, 3.63) is 30.6 Å². The van der Waals surface area contributed by atoms with Crippen molar-refractivity contribution < 1.29 is 0 Å². The van der Waals surface area contributed by atoms with Gasteiger partial charge in [-0.15, -0.1) is 0 Å². The topological polar surface area (TPSA) is 50.9 Å². The quantitative estimate of drug-likeness (QED) is 0.775. The fourth-order valence-electron chi connectivity index (χ4n) is 2.61. The first kappa shape index (κ1) is 10.4. The summed E-state index contributed by atoms with van der Waals surface area (Å²) in [6.07, 6.45) is 8.81. The van der Waals surface area contributed by atoms with Crippen LogP contribution in [0, 0.1) is 0 Å². The minimum Gasteiger partial charge on any atom is -0.397 e. The molecule has 1 fully saturated rings. The van der Waals surface area contributed by atoms with Crippen molar-refractivity contribution in [3.8, 4) is 0 Å². The summed E-state index contributed by atoms with van der Waals surface area (Å²) in [6, 6.07) is 6.72. The molecule has 88 valence electrons. The van der Waals surface area contributed by atoms with E-state index in [4.69, 9.17) is 5.73 Å². The molecule has 3 N–H and O–H groups in total. The Hall–Kier alpha value is -1.77. The maximum atomic E-state index is 6.21. The lowest BCUT2D eigenvalue weighted by Crippen LogP contribution is -2.15. The van der Waals surface area contributed by atoms with Gasteiger partial charge >= 0.3 is 0 Å². The van der Waals surface area contributed by atoms with E-state index in [9.17, 15) is 0 Å². The van der Waals surface area contributed by atoms with Crippen LogP contribution in [0.15, 0.2) is 30.6 Å². The number of nitrogen functional groups attached to an aromatic ring is 1. The Bertz CT molecular complexity index is 530. The fourth-order valence-corrected chi connectivity index (χ4v) is 2.61. The van der Waals surface area contributed by atoms with Crippen LogP contribution in [0.3, 0.4) is 0 Å². The van der Waals surface area contributed by atoms with Crippen LogP contribution in [0.1, 0.15) is 25.7 Å². The Balaban J connectivity index is 1.96. The number of hydrogen-bond acceptors (Lipinski definition) is 3. The summed E-state index contributed by atoms with van der Waals surface area (Å²) in [5, 5.41) is 5.74. The van der Waals surface area contributed by atoms with Gasteiger partial charge in [-0.1, -0.05) is 18.9 Å². The number of anilines is 2. The second kappa shape index (κ2) is 4.24. The predicted molar refractivity (Wildman–Crippen MR) is 72.0 cm³/mol. The van der Waals surface area contributed by atoms with Gasteiger partial charge in [0.15, 0.2) is 0 Å². The SMILES string of the molecule is Nc1c(NC2CCCC2)ccc2cnccc12. The van der Waals surface area contributed by atoms with Crippen molar-refractivity contribution in [1.82, 2.24) is 4.98 Å². The number of pyridine rings is 1. The van der Waals surface area contributed by atoms with Gasteiger partial charge in [0.1, 0.15) is 0 Å². The minimum atomic E-state index is 0.594. The molecular weight excluding hydrogens is 210 g/mol. The smallest absolute Gasteiger partial charge is 0.0630 e. The Labute approximate surface area is 101 Å². The molecule has 0 saturated heterocycles. The van der Waals surface area contributed by atoms with E-state index in [-0.39, 0.29) is 0 Å². The first-order valence-corrected chi connectivity index (χ1v) is 6.23. The van der Waals surface area contributed by atoms with Gasteiger partial charge < -0.3 is 11.1 Å². The van der Waals surface area contributed by atoms with E-state index < -0.39 is 0 Å². The summed E-state index contributed by atoms with van der Waals surface area (Å²) in [5.74, 6) is 0. The largest absolute Gasteiger partial charge is 0.397 e. The monoisotopic (exact) mass is 227 g/mol. The van der Waals surface area contributed by atoms with E-state index in [2.05, 4.69) is 22.4 Å². The van der Waals surface area contributed by atoms with Crippen LogP contribution in [0.25, 0.3) is 10.8 Å². The molecule has 1 aromatic heterocycles. The van der Waals surface area contributed by atoms with Crippen LogP contribution in [0.5, 0.6) is 0 Å². The number of aromatic nitrogens is 1. The van der Waals surface area contributed by atoms with E-state index >= 15 is 0 Å². The summed E-state index contributed by atoms with van der Waals surface area (Å²) in [6.45, 7) is 0. The highest BCUT2D eigenvalue weighted by Gasteiger charge is 2.15. The van der Waals surface area contributed by atoms with E-state index in [1.54, 1.807) is 6.20 Å². The van der Waals surface area contributed by atoms with E-state index in [0.717, 1.165) is 22.1 Å². The molecule has 0 spiro atoms. The maximum absolute atomic E-state index is 6.21. The Morgan fingerprint density at radius 3 is 2.82 bits per heavy atom. The normalized spacial score (nSPS) is 16.5. The summed E-state index contributed by atoms with van der Waals surface area (Å²) >= 11 is 0. The van der Waals surface area contributed by atoms with Crippen molar-refractivity contribution in [2.24, 2.45) is 0 Å². The molecular formula is C14H17N3. The molecule has 0 aliphatic heterocycles. The van der Waals surface area contributed by atoms with Crippen molar-refractivity contribution in [3.63, 3.8) is 0 Å².